The lowest BCUT2D eigenvalue weighted by Crippen LogP contribution is -1.95. The Balaban J connectivity index is 2.85. The summed E-state index contributed by atoms with van der Waals surface area (Å²) in [4.78, 5) is 4.51. The number of nitrogens with two attached hydrogens (primary N) is 1. The second kappa shape index (κ2) is 3.01. The minimum atomic E-state index is 0.757. The van der Waals surface area contributed by atoms with Crippen molar-refractivity contribution in [3.8, 4) is 0 Å². The zero-order valence-electron chi connectivity index (χ0n) is 8.83. The maximum atomic E-state index is 5.91. The fraction of sp³-hybridized carbons (Fsp3) is 0.364. The predicted molar refractivity (Wildman–Crippen MR) is 58.5 cm³/mol. The van der Waals surface area contributed by atoms with Gasteiger partial charge in [0.1, 0.15) is 0 Å². The SMILES string of the molecule is CCc1nc2c(N)cc(C)cn2c1C. The highest BCUT2D eigenvalue weighted by atomic mass is 15.0. The molecule has 0 saturated heterocycles. The average molecular weight is 189 g/mol. The molecule has 3 heteroatoms. The molecule has 0 fully saturated rings. The van der Waals surface area contributed by atoms with Gasteiger partial charge in [0.15, 0.2) is 5.65 Å². The number of nitrogens with zero attached hydrogens (tertiary/aromatic N) is 2. The van der Waals surface area contributed by atoms with Gasteiger partial charge in [-0.3, -0.25) is 0 Å². The van der Waals surface area contributed by atoms with Gasteiger partial charge in [-0.25, -0.2) is 4.98 Å². The van der Waals surface area contributed by atoms with Crippen LogP contribution < -0.4 is 5.73 Å². The van der Waals surface area contributed by atoms with Crippen LogP contribution in [0, 0.1) is 13.8 Å². The summed E-state index contributed by atoms with van der Waals surface area (Å²) in [5, 5.41) is 0. The first kappa shape index (κ1) is 9.06. The van der Waals surface area contributed by atoms with E-state index in [0.717, 1.165) is 29.0 Å². The highest BCUT2D eigenvalue weighted by Gasteiger charge is 2.08. The van der Waals surface area contributed by atoms with Crippen molar-refractivity contribution in [2.24, 2.45) is 0 Å². The van der Waals surface area contributed by atoms with Crippen molar-refractivity contribution in [2.45, 2.75) is 27.2 Å². The van der Waals surface area contributed by atoms with E-state index in [2.05, 4.69) is 29.4 Å². The zero-order valence-corrected chi connectivity index (χ0v) is 8.83. The highest BCUT2D eigenvalue weighted by molar-refractivity contribution is 5.66. The fourth-order valence-electron chi connectivity index (χ4n) is 1.81. The van der Waals surface area contributed by atoms with E-state index in [9.17, 15) is 0 Å². The Labute approximate surface area is 83.6 Å². The van der Waals surface area contributed by atoms with Gasteiger partial charge in [0.05, 0.1) is 11.4 Å². The number of hydrogen-bond acceptors (Lipinski definition) is 2. The molecule has 0 amide bonds. The highest BCUT2D eigenvalue weighted by Crippen LogP contribution is 2.19. The molecule has 0 aromatic carbocycles. The van der Waals surface area contributed by atoms with E-state index in [0.29, 0.717) is 0 Å². The summed E-state index contributed by atoms with van der Waals surface area (Å²) < 4.78 is 2.07. The Bertz CT molecular complexity index is 483. The number of aromatic nitrogens is 2. The summed E-state index contributed by atoms with van der Waals surface area (Å²) in [5.41, 5.74) is 11.0. The first-order valence-electron chi connectivity index (χ1n) is 4.87. The summed E-state index contributed by atoms with van der Waals surface area (Å²) in [6.07, 6.45) is 3.03. The van der Waals surface area contributed by atoms with Crippen LogP contribution in [0.1, 0.15) is 23.9 Å². The van der Waals surface area contributed by atoms with Crippen LogP contribution >= 0.6 is 0 Å². The summed E-state index contributed by atoms with van der Waals surface area (Å²) in [5.74, 6) is 0. The lowest BCUT2D eigenvalue weighted by atomic mass is 10.3. The maximum Gasteiger partial charge on any atom is 0.160 e. The molecule has 74 valence electrons. The van der Waals surface area contributed by atoms with Crippen LogP contribution in [0.15, 0.2) is 12.3 Å². The van der Waals surface area contributed by atoms with E-state index in [1.54, 1.807) is 0 Å². The molecule has 14 heavy (non-hydrogen) atoms. The third-order valence-corrected chi connectivity index (χ3v) is 2.56. The Morgan fingerprint density at radius 3 is 2.79 bits per heavy atom. The Morgan fingerprint density at radius 1 is 1.43 bits per heavy atom. The van der Waals surface area contributed by atoms with Crippen molar-refractivity contribution < 1.29 is 0 Å². The first-order chi connectivity index (χ1) is 6.63. The standard InChI is InChI=1S/C11H15N3/c1-4-10-8(3)14-6-7(2)5-9(12)11(14)13-10/h5-6H,4,12H2,1-3H3. The monoisotopic (exact) mass is 189 g/mol. The molecular formula is C11H15N3. The second-order valence-corrected chi connectivity index (χ2v) is 3.66. The van der Waals surface area contributed by atoms with Crippen LogP contribution in [-0.4, -0.2) is 9.38 Å². The van der Waals surface area contributed by atoms with Crippen LogP contribution in [0.25, 0.3) is 5.65 Å². The topological polar surface area (TPSA) is 43.3 Å². The van der Waals surface area contributed by atoms with E-state index < -0.39 is 0 Å². The van der Waals surface area contributed by atoms with Gasteiger partial charge in [0, 0.05) is 11.9 Å². The average Bonchev–Trinajstić information content (AvgIpc) is 2.44. The largest absolute Gasteiger partial charge is 0.396 e. The smallest absolute Gasteiger partial charge is 0.160 e. The van der Waals surface area contributed by atoms with Gasteiger partial charge in [-0.2, -0.15) is 0 Å². The molecule has 2 aromatic rings. The summed E-state index contributed by atoms with van der Waals surface area (Å²) in [6.45, 7) is 6.23. The Hall–Kier alpha value is -1.51. The third kappa shape index (κ3) is 1.16. The first-order valence-corrected chi connectivity index (χ1v) is 4.87. The molecule has 0 aliphatic heterocycles. The molecular weight excluding hydrogens is 174 g/mol. The van der Waals surface area contributed by atoms with E-state index in [1.807, 2.05) is 13.0 Å². The molecule has 0 aliphatic rings. The number of rotatable bonds is 1. The van der Waals surface area contributed by atoms with E-state index in [4.69, 9.17) is 5.73 Å². The number of fused-ring (bicyclic) bond motifs is 1. The zero-order chi connectivity index (χ0) is 10.3. The molecule has 2 rings (SSSR count). The third-order valence-electron chi connectivity index (χ3n) is 2.56. The van der Waals surface area contributed by atoms with Crippen LogP contribution in [0.2, 0.25) is 0 Å². The molecule has 0 spiro atoms. The van der Waals surface area contributed by atoms with E-state index in [1.165, 1.54) is 5.69 Å². The normalized spacial score (nSPS) is 11.1. The van der Waals surface area contributed by atoms with Crippen molar-refractivity contribution in [2.75, 3.05) is 5.73 Å². The number of anilines is 1. The van der Waals surface area contributed by atoms with Crippen LogP contribution in [0.3, 0.4) is 0 Å². The van der Waals surface area contributed by atoms with Gasteiger partial charge in [-0.05, 0) is 31.9 Å². The number of nitrogen functional groups attached to an aromatic ring is 1. The van der Waals surface area contributed by atoms with Gasteiger partial charge in [0.25, 0.3) is 0 Å². The Morgan fingerprint density at radius 2 is 2.14 bits per heavy atom. The quantitative estimate of drug-likeness (QED) is 0.746. The number of imidazole rings is 1. The minimum Gasteiger partial charge on any atom is -0.396 e. The molecule has 0 saturated carbocycles. The summed E-state index contributed by atoms with van der Waals surface area (Å²) in [7, 11) is 0. The molecule has 2 N–H and O–H groups in total. The van der Waals surface area contributed by atoms with Crippen LogP contribution in [0.5, 0.6) is 0 Å². The summed E-state index contributed by atoms with van der Waals surface area (Å²) >= 11 is 0. The molecule has 3 nitrogen and oxygen atoms in total. The molecule has 0 bridgehead atoms. The summed E-state index contributed by atoms with van der Waals surface area (Å²) in [6, 6.07) is 1.96. The lowest BCUT2D eigenvalue weighted by Gasteiger charge is -2.01. The molecule has 0 atom stereocenters. The van der Waals surface area contributed by atoms with Crippen molar-refractivity contribution in [3.05, 3.63) is 29.2 Å². The lowest BCUT2D eigenvalue weighted by molar-refractivity contribution is 1.02. The van der Waals surface area contributed by atoms with Gasteiger partial charge < -0.3 is 10.1 Å². The Kier molecular flexibility index (Phi) is 1.95. The van der Waals surface area contributed by atoms with E-state index in [-0.39, 0.29) is 0 Å². The molecule has 0 radical (unpaired) electrons. The number of hydrogen-bond donors (Lipinski definition) is 1. The van der Waals surface area contributed by atoms with Crippen molar-refractivity contribution >= 4 is 11.3 Å². The molecule has 0 unspecified atom stereocenters. The van der Waals surface area contributed by atoms with Crippen molar-refractivity contribution in [1.29, 1.82) is 0 Å². The van der Waals surface area contributed by atoms with Crippen LogP contribution in [0.4, 0.5) is 5.69 Å². The number of aryl methyl sites for hydroxylation is 3. The predicted octanol–water partition coefficient (Wildman–Crippen LogP) is 2.10. The van der Waals surface area contributed by atoms with Crippen molar-refractivity contribution in [1.82, 2.24) is 9.38 Å². The van der Waals surface area contributed by atoms with Crippen LogP contribution in [-0.2, 0) is 6.42 Å². The minimum absolute atomic E-state index is 0.757. The molecule has 0 aliphatic carbocycles. The van der Waals surface area contributed by atoms with Gasteiger partial charge in [-0.15, -0.1) is 0 Å². The number of pyridine rings is 1. The van der Waals surface area contributed by atoms with Crippen molar-refractivity contribution in [3.63, 3.8) is 0 Å². The molecule has 2 aromatic heterocycles. The second-order valence-electron chi connectivity index (χ2n) is 3.66. The fourth-order valence-corrected chi connectivity index (χ4v) is 1.81. The van der Waals surface area contributed by atoms with Gasteiger partial charge in [-0.1, -0.05) is 6.92 Å². The molecule has 2 heterocycles. The van der Waals surface area contributed by atoms with Gasteiger partial charge >= 0.3 is 0 Å². The van der Waals surface area contributed by atoms with Gasteiger partial charge in [0.2, 0.25) is 0 Å². The maximum absolute atomic E-state index is 5.91. The van der Waals surface area contributed by atoms with E-state index >= 15 is 0 Å².